The number of aromatic nitrogens is 4. The van der Waals surface area contributed by atoms with Crippen molar-refractivity contribution >= 4 is 34.4 Å². The van der Waals surface area contributed by atoms with Gasteiger partial charge in [0.25, 0.3) is 5.56 Å². The molecule has 3 aromatic rings. The lowest BCUT2D eigenvalue weighted by Crippen LogP contribution is -2.27. The maximum absolute atomic E-state index is 13.1. The Morgan fingerprint density at radius 1 is 1.33 bits per heavy atom. The average molecular weight is 383 g/mol. The fourth-order valence-corrected chi connectivity index (χ4v) is 4.37. The monoisotopic (exact) mass is 383 g/mol. The van der Waals surface area contributed by atoms with Crippen molar-refractivity contribution in [2.75, 3.05) is 11.1 Å². The van der Waals surface area contributed by atoms with E-state index < -0.39 is 0 Å². The lowest BCUT2D eigenvalue weighted by molar-refractivity contribution is -0.113. The molecule has 0 atom stereocenters. The molecule has 0 bridgehead atoms. The maximum Gasteiger partial charge on any atom is 0.262 e. The number of nitrogens with zero attached hydrogens (tertiary/aromatic N) is 3. The molecule has 2 aromatic heterocycles. The van der Waals surface area contributed by atoms with Crippen molar-refractivity contribution in [3.05, 3.63) is 46.4 Å². The topological polar surface area (TPSA) is 92.7 Å². The SMILES string of the molecule is Cc1cc(NC(=O)CSc2nc3ccccc3c(=O)n2C2CCCC2)n[nH]1. The molecule has 1 saturated carbocycles. The molecule has 27 heavy (non-hydrogen) atoms. The Bertz CT molecular complexity index is 1040. The van der Waals surface area contributed by atoms with Gasteiger partial charge in [0, 0.05) is 17.8 Å². The van der Waals surface area contributed by atoms with Gasteiger partial charge in [-0.25, -0.2) is 4.98 Å². The van der Waals surface area contributed by atoms with E-state index in [-0.39, 0.29) is 23.3 Å². The van der Waals surface area contributed by atoms with Crippen LogP contribution in [0.4, 0.5) is 5.82 Å². The van der Waals surface area contributed by atoms with Crippen LogP contribution < -0.4 is 10.9 Å². The van der Waals surface area contributed by atoms with Crippen LogP contribution >= 0.6 is 11.8 Å². The number of carbonyl (C=O) groups is 1. The van der Waals surface area contributed by atoms with Gasteiger partial charge in [0.05, 0.1) is 16.7 Å². The van der Waals surface area contributed by atoms with Crippen LogP contribution in [-0.4, -0.2) is 31.4 Å². The molecule has 1 aliphatic rings. The number of nitrogens with one attached hydrogen (secondary N) is 2. The summed E-state index contributed by atoms with van der Waals surface area (Å²) in [5.41, 5.74) is 1.53. The minimum Gasteiger partial charge on any atom is -0.308 e. The third-order valence-electron chi connectivity index (χ3n) is 4.77. The second kappa shape index (κ2) is 7.56. The number of benzene rings is 1. The van der Waals surface area contributed by atoms with Crippen LogP contribution in [0.3, 0.4) is 0 Å². The van der Waals surface area contributed by atoms with Crippen LogP contribution in [-0.2, 0) is 4.79 Å². The number of amides is 1. The standard InChI is InChI=1S/C19H21N5O2S/c1-12-10-16(23-22-12)21-17(25)11-27-19-20-15-9-5-4-8-14(15)18(26)24(19)13-6-2-3-7-13/h4-5,8-10,13H,2-3,6-7,11H2,1H3,(H2,21,22,23,25). The number of H-pyrrole nitrogens is 1. The van der Waals surface area contributed by atoms with Gasteiger partial charge in [-0.1, -0.05) is 36.7 Å². The molecular formula is C19H21N5O2S. The predicted molar refractivity (Wildman–Crippen MR) is 106 cm³/mol. The van der Waals surface area contributed by atoms with Gasteiger partial charge >= 0.3 is 0 Å². The van der Waals surface area contributed by atoms with Crippen molar-refractivity contribution in [3.63, 3.8) is 0 Å². The number of para-hydroxylation sites is 1. The third-order valence-corrected chi connectivity index (χ3v) is 5.72. The highest BCUT2D eigenvalue weighted by Crippen LogP contribution is 2.32. The van der Waals surface area contributed by atoms with Crippen LogP contribution in [0.5, 0.6) is 0 Å². The van der Waals surface area contributed by atoms with Gasteiger partial charge in [-0.15, -0.1) is 0 Å². The lowest BCUT2D eigenvalue weighted by atomic mass is 10.2. The highest BCUT2D eigenvalue weighted by molar-refractivity contribution is 7.99. The smallest absolute Gasteiger partial charge is 0.262 e. The first-order chi connectivity index (χ1) is 13.1. The Morgan fingerprint density at radius 2 is 2.11 bits per heavy atom. The normalized spacial score (nSPS) is 14.7. The number of anilines is 1. The quantitative estimate of drug-likeness (QED) is 0.521. The molecule has 1 amide bonds. The number of carbonyl (C=O) groups excluding carboxylic acids is 1. The van der Waals surface area contributed by atoms with E-state index >= 15 is 0 Å². The van der Waals surface area contributed by atoms with E-state index in [0.717, 1.165) is 31.4 Å². The van der Waals surface area contributed by atoms with E-state index in [4.69, 9.17) is 0 Å². The summed E-state index contributed by atoms with van der Waals surface area (Å²) < 4.78 is 1.80. The zero-order chi connectivity index (χ0) is 18.8. The first-order valence-corrected chi connectivity index (χ1v) is 10.1. The lowest BCUT2D eigenvalue weighted by Gasteiger charge is -2.18. The summed E-state index contributed by atoms with van der Waals surface area (Å²) in [6.07, 6.45) is 4.19. The van der Waals surface area contributed by atoms with Crippen LogP contribution in [0.2, 0.25) is 0 Å². The third kappa shape index (κ3) is 3.75. The molecule has 0 spiro atoms. The van der Waals surface area contributed by atoms with Crippen molar-refractivity contribution in [1.82, 2.24) is 19.7 Å². The van der Waals surface area contributed by atoms with Crippen LogP contribution in [0.1, 0.15) is 37.4 Å². The van der Waals surface area contributed by atoms with Crippen molar-refractivity contribution in [2.24, 2.45) is 0 Å². The summed E-state index contributed by atoms with van der Waals surface area (Å²) in [5, 5.41) is 10.8. The maximum atomic E-state index is 13.1. The first-order valence-electron chi connectivity index (χ1n) is 9.08. The molecule has 4 rings (SSSR count). The van der Waals surface area contributed by atoms with E-state index in [0.29, 0.717) is 21.9 Å². The van der Waals surface area contributed by atoms with Crippen molar-refractivity contribution in [2.45, 2.75) is 43.8 Å². The van der Waals surface area contributed by atoms with Gasteiger partial charge in [-0.3, -0.25) is 19.3 Å². The molecule has 0 radical (unpaired) electrons. The van der Waals surface area contributed by atoms with Crippen LogP contribution in [0.25, 0.3) is 10.9 Å². The van der Waals surface area contributed by atoms with E-state index in [2.05, 4.69) is 20.5 Å². The van der Waals surface area contributed by atoms with Gasteiger partial charge in [0.1, 0.15) is 0 Å². The Balaban J connectivity index is 1.60. The summed E-state index contributed by atoms with van der Waals surface area (Å²) in [4.78, 5) is 30.0. The zero-order valence-electron chi connectivity index (χ0n) is 15.1. The van der Waals surface area contributed by atoms with Crippen molar-refractivity contribution < 1.29 is 4.79 Å². The van der Waals surface area contributed by atoms with Gasteiger partial charge in [-0.2, -0.15) is 5.10 Å². The average Bonchev–Trinajstić information content (AvgIpc) is 3.32. The highest BCUT2D eigenvalue weighted by Gasteiger charge is 2.23. The molecular weight excluding hydrogens is 362 g/mol. The fraction of sp³-hybridized carbons (Fsp3) is 0.368. The van der Waals surface area contributed by atoms with Crippen LogP contribution in [0.15, 0.2) is 40.3 Å². The summed E-state index contributed by atoms with van der Waals surface area (Å²) in [6.45, 7) is 1.87. The largest absolute Gasteiger partial charge is 0.308 e. The van der Waals surface area contributed by atoms with E-state index in [1.54, 1.807) is 10.6 Å². The molecule has 2 heterocycles. The molecule has 0 unspecified atom stereocenters. The van der Waals surface area contributed by atoms with E-state index in [1.807, 2.05) is 31.2 Å². The van der Waals surface area contributed by atoms with Crippen LogP contribution in [0, 0.1) is 6.92 Å². The molecule has 0 saturated heterocycles. The first kappa shape index (κ1) is 17.8. The fourth-order valence-electron chi connectivity index (χ4n) is 3.50. The van der Waals surface area contributed by atoms with Gasteiger partial charge < -0.3 is 5.32 Å². The van der Waals surface area contributed by atoms with Crippen molar-refractivity contribution in [3.8, 4) is 0 Å². The number of hydrogen-bond donors (Lipinski definition) is 2. The summed E-state index contributed by atoms with van der Waals surface area (Å²) in [5.74, 6) is 0.494. The Morgan fingerprint density at radius 3 is 2.85 bits per heavy atom. The molecule has 140 valence electrons. The molecule has 1 fully saturated rings. The number of hydrogen-bond acceptors (Lipinski definition) is 5. The minimum atomic E-state index is -0.174. The number of rotatable bonds is 5. The van der Waals surface area contributed by atoms with Gasteiger partial charge in [0.2, 0.25) is 5.91 Å². The highest BCUT2D eigenvalue weighted by atomic mass is 32.2. The zero-order valence-corrected chi connectivity index (χ0v) is 15.9. The second-order valence-corrected chi connectivity index (χ2v) is 7.74. The number of fused-ring (bicyclic) bond motifs is 1. The molecule has 8 heteroatoms. The Kier molecular flexibility index (Phi) is 4.98. The summed E-state index contributed by atoms with van der Waals surface area (Å²) >= 11 is 1.30. The molecule has 2 N–H and O–H groups in total. The van der Waals surface area contributed by atoms with E-state index in [9.17, 15) is 9.59 Å². The Hall–Kier alpha value is -2.61. The summed E-state index contributed by atoms with van der Waals surface area (Å²) in [6, 6.07) is 9.32. The minimum absolute atomic E-state index is 0.0154. The molecule has 7 nitrogen and oxygen atoms in total. The molecule has 0 aliphatic heterocycles. The van der Waals surface area contributed by atoms with Gasteiger partial charge in [-0.05, 0) is 31.9 Å². The molecule has 1 aliphatic carbocycles. The number of aryl methyl sites for hydroxylation is 1. The van der Waals surface area contributed by atoms with Gasteiger partial charge in [0.15, 0.2) is 11.0 Å². The number of aromatic amines is 1. The number of thioether (sulfide) groups is 1. The summed E-state index contributed by atoms with van der Waals surface area (Å²) in [7, 11) is 0. The van der Waals surface area contributed by atoms with Crippen molar-refractivity contribution in [1.29, 1.82) is 0 Å². The van der Waals surface area contributed by atoms with E-state index in [1.165, 1.54) is 11.8 Å². The Labute approximate surface area is 160 Å². The molecule has 1 aromatic carbocycles. The second-order valence-electron chi connectivity index (χ2n) is 6.80. The predicted octanol–water partition coefficient (Wildman–Crippen LogP) is 3.27.